The van der Waals surface area contributed by atoms with Crippen molar-refractivity contribution in [3.8, 4) is 0 Å². The predicted octanol–water partition coefficient (Wildman–Crippen LogP) is 3.84. The van der Waals surface area contributed by atoms with Crippen LogP contribution in [-0.2, 0) is 0 Å². The molecule has 0 saturated carbocycles. The fraction of sp³-hybridized carbons (Fsp3) is 0.500. The third kappa shape index (κ3) is 3.24. The lowest BCUT2D eigenvalue weighted by Crippen LogP contribution is -2.19. The van der Waals surface area contributed by atoms with E-state index < -0.39 is 0 Å². The van der Waals surface area contributed by atoms with Crippen molar-refractivity contribution in [2.24, 2.45) is 0 Å². The zero-order chi connectivity index (χ0) is 10.6. The molecule has 2 nitrogen and oxygen atoms in total. The van der Waals surface area contributed by atoms with Crippen LogP contribution < -0.4 is 4.90 Å². The molecule has 1 aromatic heterocycles. The standard InChI is InChI=1S/C10H14Br2N2/c1-3-4-5-14(2)10-9(12)6-8(11)7-13-10/h6-7H,3-5H2,1-2H3. The Morgan fingerprint density at radius 1 is 1.43 bits per heavy atom. The molecule has 0 aliphatic rings. The van der Waals surface area contributed by atoms with E-state index in [0.717, 1.165) is 21.3 Å². The monoisotopic (exact) mass is 320 g/mol. The number of rotatable bonds is 4. The first kappa shape index (κ1) is 12.0. The molecule has 0 saturated heterocycles. The number of hydrogen-bond donors (Lipinski definition) is 0. The molecular formula is C10H14Br2N2. The number of aromatic nitrogens is 1. The van der Waals surface area contributed by atoms with Crippen molar-refractivity contribution in [2.75, 3.05) is 18.5 Å². The number of unbranched alkanes of at least 4 members (excludes halogenated alkanes) is 1. The molecular weight excluding hydrogens is 308 g/mol. The molecule has 78 valence electrons. The molecule has 14 heavy (non-hydrogen) atoms. The van der Waals surface area contributed by atoms with Crippen molar-refractivity contribution in [1.29, 1.82) is 0 Å². The minimum atomic E-state index is 0.997. The van der Waals surface area contributed by atoms with E-state index in [0.29, 0.717) is 0 Å². The summed E-state index contributed by atoms with van der Waals surface area (Å²) in [5.41, 5.74) is 0. The summed E-state index contributed by atoms with van der Waals surface area (Å²) in [7, 11) is 2.07. The summed E-state index contributed by atoms with van der Waals surface area (Å²) >= 11 is 6.89. The fourth-order valence-corrected chi connectivity index (χ4v) is 2.48. The SMILES string of the molecule is CCCCN(C)c1ncc(Br)cc1Br. The molecule has 0 aliphatic carbocycles. The number of nitrogens with zero attached hydrogens (tertiary/aromatic N) is 2. The molecule has 0 spiro atoms. The Bertz CT molecular complexity index is 302. The van der Waals surface area contributed by atoms with Gasteiger partial charge in [-0.05, 0) is 44.3 Å². The van der Waals surface area contributed by atoms with Crippen molar-refractivity contribution in [2.45, 2.75) is 19.8 Å². The first-order valence-electron chi connectivity index (χ1n) is 4.67. The lowest BCUT2D eigenvalue weighted by Gasteiger charge is -2.18. The Labute approximate surface area is 102 Å². The zero-order valence-corrected chi connectivity index (χ0v) is 11.6. The van der Waals surface area contributed by atoms with Crippen molar-refractivity contribution in [3.63, 3.8) is 0 Å². The number of anilines is 1. The maximum Gasteiger partial charge on any atom is 0.142 e. The molecule has 4 heteroatoms. The van der Waals surface area contributed by atoms with Gasteiger partial charge in [-0.1, -0.05) is 13.3 Å². The third-order valence-corrected chi connectivity index (χ3v) is 3.01. The van der Waals surface area contributed by atoms with Crippen LogP contribution in [0, 0.1) is 0 Å². The third-order valence-electron chi connectivity index (χ3n) is 2.00. The van der Waals surface area contributed by atoms with E-state index in [4.69, 9.17) is 0 Å². The average molecular weight is 322 g/mol. The van der Waals surface area contributed by atoms with Gasteiger partial charge in [0.05, 0.1) is 4.47 Å². The summed E-state index contributed by atoms with van der Waals surface area (Å²) in [5, 5.41) is 0. The second kappa shape index (κ2) is 5.71. The van der Waals surface area contributed by atoms with Gasteiger partial charge in [-0.2, -0.15) is 0 Å². The van der Waals surface area contributed by atoms with Gasteiger partial charge in [-0.15, -0.1) is 0 Å². The topological polar surface area (TPSA) is 16.1 Å². The highest BCUT2D eigenvalue weighted by molar-refractivity contribution is 9.11. The van der Waals surface area contributed by atoms with Gasteiger partial charge in [-0.25, -0.2) is 4.98 Å². The summed E-state index contributed by atoms with van der Waals surface area (Å²) in [6, 6.07) is 2.02. The zero-order valence-electron chi connectivity index (χ0n) is 8.43. The highest BCUT2D eigenvalue weighted by Gasteiger charge is 2.06. The Balaban J connectivity index is 2.74. The van der Waals surface area contributed by atoms with Gasteiger partial charge in [0.25, 0.3) is 0 Å². The minimum Gasteiger partial charge on any atom is -0.359 e. The van der Waals surface area contributed by atoms with Crippen LogP contribution in [0.4, 0.5) is 5.82 Å². The molecule has 1 aromatic rings. The van der Waals surface area contributed by atoms with Crippen molar-refractivity contribution >= 4 is 37.7 Å². The Kier molecular flexibility index (Phi) is 4.89. The van der Waals surface area contributed by atoms with Crippen LogP contribution in [0.15, 0.2) is 21.2 Å². The van der Waals surface area contributed by atoms with Gasteiger partial charge in [-0.3, -0.25) is 0 Å². The van der Waals surface area contributed by atoms with Crippen LogP contribution in [0.3, 0.4) is 0 Å². The Hall–Kier alpha value is -0.0900. The van der Waals surface area contributed by atoms with Crippen LogP contribution in [0.5, 0.6) is 0 Å². The molecule has 0 aliphatic heterocycles. The molecule has 0 N–H and O–H groups in total. The summed E-state index contributed by atoms with van der Waals surface area (Å²) < 4.78 is 2.03. The van der Waals surface area contributed by atoms with Crippen molar-refractivity contribution < 1.29 is 0 Å². The van der Waals surface area contributed by atoms with E-state index in [-0.39, 0.29) is 0 Å². The van der Waals surface area contributed by atoms with Gasteiger partial charge in [0.15, 0.2) is 0 Å². The summed E-state index contributed by atoms with van der Waals surface area (Å²) in [6.07, 6.45) is 4.22. The molecule has 0 bridgehead atoms. The molecule has 1 rings (SSSR count). The summed E-state index contributed by atoms with van der Waals surface area (Å²) in [5.74, 6) is 1.00. The first-order chi connectivity index (χ1) is 6.65. The minimum absolute atomic E-state index is 0.997. The second-order valence-corrected chi connectivity index (χ2v) is 5.00. The van der Waals surface area contributed by atoms with Gasteiger partial charge < -0.3 is 4.90 Å². The predicted molar refractivity (Wildman–Crippen MR) is 67.8 cm³/mol. The van der Waals surface area contributed by atoms with Crippen molar-refractivity contribution in [1.82, 2.24) is 4.98 Å². The maximum atomic E-state index is 4.36. The van der Waals surface area contributed by atoms with E-state index in [1.165, 1.54) is 12.8 Å². The van der Waals surface area contributed by atoms with Crippen LogP contribution in [0.2, 0.25) is 0 Å². The highest BCUT2D eigenvalue weighted by Crippen LogP contribution is 2.25. The maximum absolute atomic E-state index is 4.36. The largest absolute Gasteiger partial charge is 0.359 e. The highest BCUT2D eigenvalue weighted by atomic mass is 79.9. The van der Waals surface area contributed by atoms with Crippen molar-refractivity contribution in [3.05, 3.63) is 21.2 Å². The van der Waals surface area contributed by atoms with Crippen LogP contribution in [0.1, 0.15) is 19.8 Å². The lowest BCUT2D eigenvalue weighted by molar-refractivity contribution is 0.758. The first-order valence-corrected chi connectivity index (χ1v) is 6.26. The number of halogens is 2. The van der Waals surface area contributed by atoms with E-state index >= 15 is 0 Å². The number of hydrogen-bond acceptors (Lipinski definition) is 2. The molecule has 1 heterocycles. The fourth-order valence-electron chi connectivity index (χ4n) is 1.19. The van der Waals surface area contributed by atoms with E-state index in [1.54, 1.807) is 0 Å². The van der Waals surface area contributed by atoms with Gasteiger partial charge >= 0.3 is 0 Å². The molecule has 0 fully saturated rings. The summed E-state index contributed by atoms with van der Waals surface area (Å²) in [4.78, 5) is 6.53. The van der Waals surface area contributed by atoms with E-state index in [1.807, 2.05) is 12.3 Å². The van der Waals surface area contributed by atoms with Gasteiger partial charge in [0, 0.05) is 24.3 Å². The molecule has 0 unspecified atom stereocenters. The smallest absolute Gasteiger partial charge is 0.142 e. The average Bonchev–Trinajstić information content (AvgIpc) is 2.14. The van der Waals surface area contributed by atoms with Gasteiger partial charge in [0.2, 0.25) is 0 Å². The summed E-state index contributed by atoms with van der Waals surface area (Å²) in [6.45, 7) is 3.24. The molecule has 0 radical (unpaired) electrons. The molecule has 0 amide bonds. The normalized spacial score (nSPS) is 10.3. The quantitative estimate of drug-likeness (QED) is 0.837. The lowest BCUT2D eigenvalue weighted by atomic mass is 10.3. The van der Waals surface area contributed by atoms with Crippen LogP contribution >= 0.6 is 31.9 Å². The Morgan fingerprint density at radius 3 is 2.71 bits per heavy atom. The van der Waals surface area contributed by atoms with Crippen LogP contribution in [0.25, 0.3) is 0 Å². The van der Waals surface area contributed by atoms with E-state index in [2.05, 4.69) is 55.7 Å². The number of pyridine rings is 1. The molecule has 0 aromatic carbocycles. The second-order valence-electron chi connectivity index (χ2n) is 3.23. The van der Waals surface area contributed by atoms with E-state index in [9.17, 15) is 0 Å². The Morgan fingerprint density at radius 2 is 2.14 bits per heavy atom. The van der Waals surface area contributed by atoms with Crippen LogP contribution in [-0.4, -0.2) is 18.6 Å². The molecule has 0 atom stereocenters. The van der Waals surface area contributed by atoms with Gasteiger partial charge in [0.1, 0.15) is 5.82 Å².